The van der Waals surface area contributed by atoms with Crippen LogP contribution in [0.1, 0.15) is 12.8 Å². The first kappa shape index (κ1) is 23.2. The van der Waals surface area contributed by atoms with Crippen LogP contribution in [-0.4, -0.2) is 104 Å². The van der Waals surface area contributed by atoms with Crippen molar-refractivity contribution in [2.45, 2.75) is 17.3 Å². The molecule has 0 saturated carbocycles. The monoisotopic (exact) mass is 409 g/mol. The smallest absolute Gasteiger partial charge is 0.418 e. The van der Waals surface area contributed by atoms with Crippen LogP contribution in [0.5, 0.6) is 0 Å². The van der Waals surface area contributed by atoms with Gasteiger partial charge in [0, 0.05) is 52.2 Å². The fourth-order valence-corrected chi connectivity index (χ4v) is 3.42. The predicted molar refractivity (Wildman–Crippen MR) is 96.9 cm³/mol. The Morgan fingerprint density at radius 1 is 0.720 bits per heavy atom. The molecule has 0 radical (unpaired) electrons. The highest BCUT2D eigenvalue weighted by Crippen LogP contribution is 2.30. The molecular weight excluding hydrogens is 382 g/mol. The third kappa shape index (κ3) is 10.8. The maximum Gasteiger partial charge on any atom is 0.673 e. The minimum atomic E-state index is -6.00. The predicted octanol–water partition coefficient (Wildman–Crippen LogP) is 2.69. The van der Waals surface area contributed by atoms with E-state index in [9.17, 15) is 17.3 Å². The fraction of sp³-hybridized carbons (Fsp3) is 1.00. The molecular formula is C14H28BCl2F4N4-. The molecule has 0 aromatic rings. The third-order valence-corrected chi connectivity index (χ3v) is 5.36. The Morgan fingerprint density at radius 2 is 1.20 bits per heavy atom. The van der Waals surface area contributed by atoms with E-state index in [1.54, 1.807) is 0 Å². The first-order valence-corrected chi connectivity index (χ1v) is 9.32. The van der Waals surface area contributed by atoms with E-state index in [4.69, 9.17) is 23.2 Å². The maximum absolute atomic E-state index is 9.75. The van der Waals surface area contributed by atoms with E-state index < -0.39 is 11.7 Å². The summed E-state index contributed by atoms with van der Waals surface area (Å²) in [6.07, 6.45) is 2.05. The molecule has 2 atom stereocenters. The zero-order valence-electron chi connectivity index (χ0n) is 14.9. The molecule has 0 N–H and O–H groups in total. The van der Waals surface area contributed by atoms with Crippen LogP contribution in [0.25, 0.3) is 0 Å². The Labute approximate surface area is 158 Å². The molecule has 11 heteroatoms. The average molecular weight is 410 g/mol. The van der Waals surface area contributed by atoms with Gasteiger partial charge in [-0.15, -0.1) is 0 Å². The summed E-state index contributed by atoms with van der Waals surface area (Å²) in [5, 5.41) is 0. The number of hydrogen-bond donors (Lipinski definition) is 0. The van der Waals surface area contributed by atoms with Gasteiger partial charge < -0.3 is 32.0 Å². The molecule has 2 fully saturated rings. The van der Waals surface area contributed by atoms with Crippen LogP contribution >= 0.6 is 23.2 Å². The van der Waals surface area contributed by atoms with Crippen LogP contribution in [0.3, 0.4) is 0 Å². The van der Waals surface area contributed by atoms with Crippen LogP contribution in [0.4, 0.5) is 17.3 Å². The summed E-state index contributed by atoms with van der Waals surface area (Å²) in [7, 11) is -1.65. The van der Waals surface area contributed by atoms with Crippen LogP contribution in [0.15, 0.2) is 0 Å². The lowest BCUT2D eigenvalue weighted by Crippen LogP contribution is -2.51. The Balaban J connectivity index is 0.000000550. The summed E-state index contributed by atoms with van der Waals surface area (Å²) in [6.45, 7) is 9.53. The van der Waals surface area contributed by atoms with E-state index in [0.717, 1.165) is 58.8 Å². The molecule has 150 valence electrons. The second-order valence-electron chi connectivity index (χ2n) is 6.70. The molecule has 0 amide bonds. The zero-order valence-corrected chi connectivity index (χ0v) is 16.4. The van der Waals surface area contributed by atoms with Crippen LogP contribution < -0.4 is 0 Å². The summed E-state index contributed by atoms with van der Waals surface area (Å²) < 4.78 is 38.3. The average Bonchev–Trinajstić information content (AvgIpc) is 2.47. The molecule has 2 heterocycles. The van der Waals surface area contributed by atoms with Gasteiger partial charge in [-0.3, -0.25) is 4.90 Å². The highest BCUT2D eigenvalue weighted by molar-refractivity contribution is 6.50. The lowest BCUT2D eigenvalue weighted by Gasteiger charge is -2.40. The third-order valence-electron chi connectivity index (χ3n) is 4.51. The zero-order chi connectivity index (χ0) is 19.1. The second kappa shape index (κ2) is 10.5. The van der Waals surface area contributed by atoms with Crippen molar-refractivity contribution >= 4 is 30.5 Å². The van der Waals surface area contributed by atoms with Crippen molar-refractivity contribution in [1.29, 1.82) is 0 Å². The number of fused-ring (bicyclic) bond motifs is 3. The van der Waals surface area contributed by atoms with Gasteiger partial charge in [0.25, 0.3) is 0 Å². The van der Waals surface area contributed by atoms with E-state index in [1.165, 1.54) is 13.0 Å². The van der Waals surface area contributed by atoms with Gasteiger partial charge in [0.05, 0.1) is 0 Å². The SMILES string of the molecule is CN1CCCN2CCN(C)CCC(Cl)(Cl)N(CC1)CC2.F[B-](F)(F)F. The number of hydrogen-bond acceptors (Lipinski definition) is 4. The Hall–Kier alpha value is 0.205. The number of rotatable bonds is 0. The van der Waals surface area contributed by atoms with Crippen molar-refractivity contribution in [3.8, 4) is 0 Å². The molecule has 2 aliphatic rings. The van der Waals surface area contributed by atoms with Crippen LogP contribution in [0.2, 0.25) is 0 Å². The summed E-state index contributed by atoms with van der Waals surface area (Å²) in [4.78, 5) is 9.54. The summed E-state index contributed by atoms with van der Waals surface area (Å²) in [5.41, 5.74) is 0. The van der Waals surface area contributed by atoms with E-state index in [1.807, 2.05) is 0 Å². The Kier molecular flexibility index (Phi) is 9.78. The number of halogens is 6. The van der Waals surface area contributed by atoms with Gasteiger partial charge in [0.2, 0.25) is 0 Å². The largest absolute Gasteiger partial charge is 0.673 e. The van der Waals surface area contributed by atoms with Gasteiger partial charge in [0.15, 0.2) is 4.46 Å². The topological polar surface area (TPSA) is 13.0 Å². The summed E-state index contributed by atoms with van der Waals surface area (Å²) >= 11 is 13.3. The van der Waals surface area contributed by atoms with Crippen molar-refractivity contribution in [3.63, 3.8) is 0 Å². The molecule has 4 nitrogen and oxygen atoms in total. The van der Waals surface area contributed by atoms with Crippen molar-refractivity contribution in [2.24, 2.45) is 0 Å². The van der Waals surface area contributed by atoms with Crippen molar-refractivity contribution in [3.05, 3.63) is 0 Å². The van der Waals surface area contributed by atoms with Gasteiger partial charge in [-0.2, -0.15) is 0 Å². The van der Waals surface area contributed by atoms with Crippen molar-refractivity contribution in [1.82, 2.24) is 19.6 Å². The maximum atomic E-state index is 9.75. The second-order valence-corrected chi connectivity index (χ2v) is 8.14. The standard InChI is InChI=1S/C14H28Cl2N4.BF4/c1-17-5-3-6-19-10-8-18(2)7-4-14(15,16)20(12-9-17)13-11-19;2-1(3,4)5/h3-13H2,1-2H3;/q;-1. The number of likely N-dealkylation sites (N-methyl/N-ethyl adjacent to an activating group) is 2. The Morgan fingerprint density at radius 3 is 1.84 bits per heavy atom. The molecule has 0 aliphatic carbocycles. The Bertz CT molecular complexity index is 384. The first-order chi connectivity index (χ1) is 11.5. The molecule has 2 rings (SSSR count). The molecule has 2 aliphatic heterocycles. The lowest BCUT2D eigenvalue weighted by atomic mass is 10.2. The fourth-order valence-electron chi connectivity index (χ4n) is 2.91. The highest BCUT2D eigenvalue weighted by atomic mass is 35.5. The number of alkyl halides is 2. The van der Waals surface area contributed by atoms with Gasteiger partial charge >= 0.3 is 7.25 Å². The van der Waals surface area contributed by atoms with Gasteiger partial charge in [0.1, 0.15) is 0 Å². The lowest BCUT2D eigenvalue weighted by molar-refractivity contribution is 0.112. The molecule has 25 heavy (non-hydrogen) atoms. The van der Waals surface area contributed by atoms with E-state index >= 15 is 0 Å². The van der Waals surface area contributed by atoms with Crippen LogP contribution in [0, 0.1) is 0 Å². The molecule has 2 saturated heterocycles. The molecule has 0 aromatic carbocycles. The molecule has 0 aromatic heterocycles. The number of nitrogens with zero attached hydrogens (tertiary/aromatic N) is 4. The minimum absolute atomic E-state index is 0.739. The van der Waals surface area contributed by atoms with Crippen molar-refractivity contribution in [2.75, 3.05) is 73.0 Å². The van der Waals surface area contributed by atoms with E-state index in [0.29, 0.717) is 0 Å². The highest BCUT2D eigenvalue weighted by Gasteiger charge is 2.33. The van der Waals surface area contributed by atoms with Gasteiger partial charge in [-0.25, -0.2) is 0 Å². The van der Waals surface area contributed by atoms with Crippen molar-refractivity contribution < 1.29 is 17.3 Å². The normalized spacial score (nSPS) is 30.2. The molecule has 2 bridgehead atoms. The van der Waals surface area contributed by atoms with Gasteiger partial charge in [-0.05, 0) is 33.6 Å². The quantitative estimate of drug-likeness (QED) is 0.264. The summed E-state index contributed by atoms with van der Waals surface area (Å²) in [5.74, 6) is 0. The van der Waals surface area contributed by atoms with E-state index in [-0.39, 0.29) is 0 Å². The van der Waals surface area contributed by atoms with Crippen LogP contribution in [-0.2, 0) is 0 Å². The summed E-state index contributed by atoms with van der Waals surface area (Å²) in [6, 6.07) is 0. The van der Waals surface area contributed by atoms with Gasteiger partial charge in [-0.1, -0.05) is 23.2 Å². The first-order valence-electron chi connectivity index (χ1n) is 8.57. The van der Waals surface area contributed by atoms with E-state index in [2.05, 4.69) is 33.7 Å². The minimum Gasteiger partial charge on any atom is -0.418 e. The molecule has 2 unspecified atom stereocenters. The molecule has 0 spiro atoms.